The molecule has 120 valence electrons. The van der Waals surface area contributed by atoms with E-state index < -0.39 is 0 Å². The average molecular weight is 316 g/mol. The highest BCUT2D eigenvalue weighted by Crippen LogP contribution is 2.37. The van der Waals surface area contributed by atoms with Gasteiger partial charge in [-0.1, -0.05) is 6.07 Å². The summed E-state index contributed by atoms with van der Waals surface area (Å²) >= 11 is 0. The molecule has 3 nitrogen and oxygen atoms in total. The Morgan fingerprint density at radius 2 is 1.62 bits per heavy atom. The van der Waals surface area contributed by atoms with Crippen molar-refractivity contribution in [2.24, 2.45) is 0 Å². The summed E-state index contributed by atoms with van der Waals surface area (Å²) in [5, 5.41) is 2.22. The molecule has 0 radical (unpaired) electrons. The van der Waals surface area contributed by atoms with Gasteiger partial charge in [-0.15, -0.1) is 0 Å². The van der Waals surface area contributed by atoms with E-state index in [1.54, 1.807) is 0 Å². The van der Waals surface area contributed by atoms with E-state index in [1.165, 1.54) is 22.3 Å². The summed E-state index contributed by atoms with van der Waals surface area (Å²) in [6, 6.07) is 8.53. The van der Waals surface area contributed by atoms with E-state index in [9.17, 15) is 0 Å². The second-order valence-corrected chi connectivity index (χ2v) is 6.63. The van der Waals surface area contributed by atoms with Crippen LogP contribution in [0, 0.1) is 34.6 Å². The van der Waals surface area contributed by atoms with Gasteiger partial charge in [0.25, 0.3) is 0 Å². The highest BCUT2D eigenvalue weighted by atomic mass is 16.3. The normalized spacial score (nSPS) is 11.5. The van der Waals surface area contributed by atoms with E-state index in [1.807, 2.05) is 13.1 Å². The van der Waals surface area contributed by atoms with Crippen molar-refractivity contribution in [1.29, 1.82) is 0 Å². The average Bonchev–Trinajstić information content (AvgIpc) is 2.90. The molecular weight excluding hydrogens is 296 g/mol. The van der Waals surface area contributed by atoms with Gasteiger partial charge in [-0.2, -0.15) is 0 Å². The largest absolute Gasteiger partial charge is 0.437 e. The molecule has 24 heavy (non-hydrogen) atoms. The third-order valence-corrected chi connectivity index (χ3v) is 4.91. The van der Waals surface area contributed by atoms with E-state index >= 15 is 0 Å². The number of pyridine rings is 2. The molecule has 0 aliphatic carbocycles. The second kappa shape index (κ2) is 5.17. The summed E-state index contributed by atoms with van der Waals surface area (Å²) < 4.78 is 6.17. The molecule has 3 heteroatoms. The molecule has 4 aromatic rings. The summed E-state index contributed by atoms with van der Waals surface area (Å²) in [4.78, 5) is 9.25. The van der Waals surface area contributed by atoms with Crippen LogP contribution in [-0.2, 0) is 0 Å². The van der Waals surface area contributed by atoms with Crippen LogP contribution in [0.25, 0.3) is 33.3 Å². The highest BCUT2D eigenvalue weighted by Gasteiger charge is 2.17. The van der Waals surface area contributed by atoms with E-state index in [4.69, 9.17) is 4.42 Å². The van der Waals surface area contributed by atoms with Crippen molar-refractivity contribution < 1.29 is 4.42 Å². The van der Waals surface area contributed by atoms with Crippen LogP contribution in [0.3, 0.4) is 0 Å². The van der Waals surface area contributed by atoms with Gasteiger partial charge in [0, 0.05) is 28.2 Å². The monoisotopic (exact) mass is 316 g/mol. The van der Waals surface area contributed by atoms with Gasteiger partial charge in [0.1, 0.15) is 5.58 Å². The maximum Gasteiger partial charge on any atom is 0.227 e. The number of benzene rings is 1. The zero-order valence-corrected chi connectivity index (χ0v) is 14.7. The molecule has 4 rings (SSSR count). The number of aromatic nitrogens is 2. The topological polar surface area (TPSA) is 38.9 Å². The molecule has 0 N–H and O–H groups in total. The van der Waals surface area contributed by atoms with Crippen molar-refractivity contribution in [1.82, 2.24) is 9.97 Å². The molecule has 0 amide bonds. The van der Waals surface area contributed by atoms with Crippen molar-refractivity contribution in [2.75, 3.05) is 0 Å². The molecule has 0 atom stereocenters. The third-order valence-electron chi connectivity index (χ3n) is 4.91. The first kappa shape index (κ1) is 14.9. The summed E-state index contributed by atoms with van der Waals surface area (Å²) in [6.45, 7) is 10.4. The van der Waals surface area contributed by atoms with E-state index in [2.05, 4.69) is 61.9 Å². The molecule has 0 saturated heterocycles. The summed E-state index contributed by atoms with van der Waals surface area (Å²) in [7, 11) is 0. The third kappa shape index (κ3) is 2.12. The highest BCUT2D eigenvalue weighted by molar-refractivity contribution is 6.10. The Labute approximate surface area is 141 Å². The molecule has 0 fully saturated rings. The Kier molecular flexibility index (Phi) is 3.20. The van der Waals surface area contributed by atoms with E-state index in [0.717, 1.165) is 33.3 Å². The number of rotatable bonds is 1. The van der Waals surface area contributed by atoms with Gasteiger partial charge in [-0.05, 0) is 75.1 Å². The van der Waals surface area contributed by atoms with Gasteiger partial charge in [0.2, 0.25) is 5.71 Å². The van der Waals surface area contributed by atoms with Crippen LogP contribution in [0.4, 0.5) is 0 Å². The lowest BCUT2D eigenvalue weighted by Gasteiger charge is -2.06. The van der Waals surface area contributed by atoms with Gasteiger partial charge in [-0.25, -0.2) is 4.98 Å². The molecule has 1 aromatic carbocycles. The molecule has 0 aliphatic heterocycles. The minimum Gasteiger partial charge on any atom is -0.437 e. The van der Waals surface area contributed by atoms with Crippen molar-refractivity contribution >= 4 is 22.1 Å². The van der Waals surface area contributed by atoms with Crippen LogP contribution in [0.2, 0.25) is 0 Å². The lowest BCUT2D eigenvalue weighted by molar-refractivity contribution is 0.653. The maximum absolute atomic E-state index is 6.17. The van der Waals surface area contributed by atoms with E-state index in [0.29, 0.717) is 5.71 Å². The SMILES string of the molecule is Cc1cnc(-c2ccc(C)c3c2oc2nc(C)c(C)cc23)cc1C. The Morgan fingerprint density at radius 1 is 0.833 bits per heavy atom. The molecule has 0 saturated carbocycles. The van der Waals surface area contributed by atoms with Crippen LogP contribution in [-0.4, -0.2) is 9.97 Å². The fourth-order valence-corrected chi connectivity index (χ4v) is 3.13. The predicted molar refractivity (Wildman–Crippen MR) is 98.4 cm³/mol. The molecule has 3 aromatic heterocycles. The van der Waals surface area contributed by atoms with Crippen molar-refractivity contribution in [3.8, 4) is 11.3 Å². The Morgan fingerprint density at radius 3 is 2.38 bits per heavy atom. The predicted octanol–water partition coefficient (Wildman–Crippen LogP) is 5.59. The smallest absolute Gasteiger partial charge is 0.227 e. The first-order valence-corrected chi connectivity index (χ1v) is 8.19. The van der Waals surface area contributed by atoms with Gasteiger partial charge in [0.05, 0.1) is 5.69 Å². The Hall–Kier alpha value is -2.68. The number of hydrogen-bond donors (Lipinski definition) is 0. The molecule has 0 bridgehead atoms. The number of nitrogens with zero attached hydrogens (tertiary/aromatic N) is 2. The molecule has 0 aliphatic rings. The van der Waals surface area contributed by atoms with Crippen molar-refractivity contribution in [2.45, 2.75) is 34.6 Å². The van der Waals surface area contributed by atoms with Crippen molar-refractivity contribution in [3.05, 3.63) is 58.4 Å². The number of fused-ring (bicyclic) bond motifs is 3. The molecule has 0 spiro atoms. The van der Waals surface area contributed by atoms with E-state index in [-0.39, 0.29) is 0 Å². The first-order valence-electron chi connectivity index (χ1n) is 8.19. The zero-order chi connectivity index (χ0) is 17.0. The number of aryl methyl sites for hydroxylation is 5. The number of furan rings is 1. The zero-order valence-electron chi connectivity index (χ0n) is 14.7. The number of hydrogen-bond acceptors (Lipinski definition) is 3. The van der Waals surface area contributed by atoms with Crippen LogP contribution >= 0.6 is 0 Å². The summed E-state index contributed by atoms with van der Waals surface area (Å²) in [5.41, 5.74) is 9.34. The fraction of sp³-hybridized carbons (Fsp3) is 0.238. The Bertz CT molecular complexity index is 1110. The first-order chi connectivity index (χ1) is 11.5. The lowest BCUT2D eigenvalue weighted by atomic mass is 10.0. The van der Waals surface area contributed by atoms with Crippen LogP contribution in [0.15, 0.2) is 34.9 Å². The fourth-order valence-electron chi connectivity index (χ4n) is 3.13. The quantitative estimate of drug-likeness (QED) is 0.460. The Balaban J connectivity index is 2.10. The van der Waals surface area contributed by atoms with Gasteiger partial charge in [0.15, 0.2) is 0 Å². The minimum absolute atomic E-state index is 0.701. The minimum atomic E-state index is 0.701. The summed E-state index contributed by atoms with van der Waals surface area (Å²) in [6.07, 6.45) is 1.92. The van der Waals surface area contributed by atoms with Crippen molar-refractivity contribution in [3.63, 3.8) is 0 Å². The maximum atomic E-state index is 6.17. The lowest BCUT2D eigenvalue weighted by Crippen LogP contribution is -1.89. The standard InChI is InChI=1S/C21H20N2O/c1-11-6-7-16(18-9-12(2)14(4)10-22-18)20-19(11)17-8-13(3)15(5)23-21(17)24-20/h6-10H,1-5H3. The molecular formula is C21H20N2O. The second-order valence-electron chi connectivity index (χ2n) is 6.63. The van der Waals surface area contributed by atoms with Gasteiger partial charge < -0.3 is 4.42 Å². The summed E-state index contributed by atoms with van der Waals surface area (Å²) in [5.74, 6) is 0. The molecule has 3 heterocycles. The molecule has 0 unspecified atom stereocenters. The van der Waals surface area contributed by atoms with Gasteiger partial charge >= 0.3 is 0 Å². The van der Waals surface area contributed by atoms with Crippen LogP contribution in [0.1, 0.15) is 27.9 Å². The van der Waals surface area contributed by atoms with Crippen LogP contribution in [0.5, 0.6) is 0 Å². The van der Waals surface area contributed by atoms with Gasteiger partial charge in [-0.3, -0.25) is 4.98 Å². The van der Waals surface area contributed by atoms with Crippen LogP contribution < -0.4 is 0 Å².